The Morgan fingerprint density at radius 2 is 1.94 bits per heavy atom. The Morgan fingerprint density at radius 3 is 2.64 bits per heavy atom. The average molecular weight is 463 g/mol. The first-order valence-electron chi connectivity index (χ1n) is 10.6. The Bertz CT molecular complexity index is 1460. The third kappa shape index (κ3) is 3.38. The van der Waals surface area contributed by atoms with Crippen molar-refractivity contribution in [3.63, 3.8) is 0 Å². The zero-order chi connectivity index (χ0) is 23.3. The minimum Gasteiger partial charge on any atom is -0.493 e. The van der Waals surface area contributed by atoms with E-state index in [9.17, 15) is 9.59 Å². The highest BCUT2D eigenvalue weighted by Crippen LogP contribution is 2.44. The van der Waals surface area contributed by atoms with Crippen LogP contribution in [0.2, 0.25) is 0 Å². The van der Waals surface area contributed by atoms with E-state index < -0.39 is 11.9 Å². The molecule has 7 nitrogen and oxygen atoms in total. The summed E-state index contributed by atoms with van der Waals surface area (Å²) in [6.07, 6.45) is 0. The largest absolute Gasteiger partial charge is 0.493 e. The molecule has 0 saturated heterocycles. The Morgan fingerprint density at radius 1 is 1.12 bits per heavy atom. The van der Waals surface area contributed by atoms with Crippen LogP contribution in [0.1, 0.15) is 45.9 Å². The number of ether oxygens (including phenoxy) is 2. The van der Waals surface area contributed by atoms with Gasteiger partial charge in [0.25, 0.3) is 5.91 Å². The van der Waals surface area contributed by atoms with E-state index in [-0.39, 0.29) is 11.2 Å². The fourth-order valence-electron chi connectivity index (χ4n) is 4.18. The first kappa shape index (κ1) is 21.2. The van der Waals surface area contributed by atoms with Crippen molar-refractivity contribution in [1.82, 2.24) is 4.98 Å². The van der Waals surface area contributed by atoms with Gasteiger partial charge in [0.15, 0.2) is 22.1 Å². The molecule has 0 aliphatic carbocycles. The zero-order valence-corrected chi connectivity index (χ0v) is 19.5. The molecule has 4 aromatic rings. The molecule has 168 valence electrons. The molecule has 5 rings (SSSR count). The highest BCUT2D eigenvalue weighted by Gasteiger charge is 2.45. The summed E-state index contributed by atoms with van der Waals surface area (Å²) < 4.78 is 17.2. The van der Waals surface area contributed by atoms with Crippen molar-refractivity contribution in [3.05, 3.63) is 80.1 Å². The summed E-state index contributed by atoms with van der Waals surface area (Å²) in [4.78, 5) is 33.3. The lowest BCUT2D eigenvalue weighted by Crippen LogP contribution is -2.29. The van der Waals surface area contributed by atoms with Gasteiger partial charge in [-0.15, -0.1) is 11.3 Å². The van der Waals surface area contributed by atoms with Gasteiger partial charge in [-0.1, -0.05) is 17.7 Å². The van der Waals surface area contributed by atoms with Gasteiger partial charge in [-0.25, -0.2) is 4.98 Å². The molecule has 0 bridgehead atoms. The normalized spacial score (nSPS) is 15.2. The summed E-state index contributed by atoms with van der Waals surface area (Å²) in [5.41, 5.74) is 2.90. The van der Waals surface area contributed by atoms with Crippen LogP contribution in [0, 0.1) is 13.8 Å². The molecule has 1 amide bonds. The van der Waals surface area contributed by atoms with Crippen molar-refractivity contribution in [2.24, 2.45) is 0 Å². The van der Waals surface area contributed by atoms with Crippen LogP contribution < -0.4 is 19.8 Å². The molecule has 0 unspecified atom stereocenters. The van der Waals surface area contributed by atoms with Gasteiger partial charge < -0.3 is 13.9 Å². The summed E-state index contributed by atoms with van der Waals surface area (Å²) >= 11 is 1.35. The van der Waals surface area contributed by atoms with E-state index in [4.69, 9.17) is 13.9 Å². The van der Waals surface area contributed by atoms with Crippen molar-refractivity contribution in [2.75, 3.05) is 18.6 Å². The standard InChI is InChI=1S/C25H22N2O5S/c1-5-31-18-9-7-15(11-19(18)30-4)21-20-22(28)16-10-13(2)6-8-17(16)32-23(20)24(29)27(21)25-26-14(3)12-33-25/h6-12,21H,5H2,1-4H3/t21-/m0/s1. The van der Waals surface area contributed by atoms with E-state index in [1.54, 1.807) is 31.4 Å². The van der Waals surface area contributed by atoms with Gasteiger partial charge in [0, 0.05) is 5.38 Å². The molecule has 1 aliphatic rings. The summed E-state index contributed by atoms with van der Waals surface area (Å²) in [5.74, 6) is 0.761. The van der Waals surface area contributed by atoms with Crippen LogP contribution in [0.4, 0.5) is 5.13 Å². The number of rotatable bonds is 5. The molecule has 0 spiro atoms. The van der Waals surface area contributed by atoms with Crippen molar-refractivity contribution >= 4 is 33.3 Å². The molecule has 33 heavy (non-hydrogen) atoms. The van der Waals surface area contributed by atoms with Gasteiger partial charge in [-0.05, 0) is 50.6 Å². The highest BCUT2D eigenvalue weighted by atomic mass is 32.1. The highest BCUT2D eigenvalue weighted by molar-refractivity contribution is 7.14. The zero-order valence-electron chi connectivity index (χ0n) is 18.7. The second-order valence-electron chi connectivity index (χ2n) is 7.87. The van der Waals surface area contributed by atoms with E-state index >= 15 is 0 Å². The van der Waals surface area contributed by atoms with E-state index in [2.05, 4.69) is 4.98 Å². The first-order valence-corrected chi connectivity index (χ1v) is 11.4. The summed E-state index contributed by atoms with van der Waals surface area (Å²) in [5, 5.41) is 2.82. The molecule has 0 saturated carbocycles. The molecular weight excluding hydrogens is 440 g/mol. The molecule has 1 aliphatic heterocycles. The number of anilines is 1. The molecule has 1 atom stereocenters. The van der Waals surface area contributed by atoms with Crippen LogP contribution in [0.15, 0.2) is 51.0 Å². The predicted octanol–water partition coefficient (Wildman–Crippen LogP) is 5.02. The second-order valence-corrected chi connectivity index (χ2v) is 8.70. The predicted molar refractivity (Wildman–Crippen MR) is 127 cm³/mol. The fourth-order valence-corrected chi connectivity index (χ4v) is 5.01. The van der Waals surface area contributed by atoms with Crippen LogP contribution in [0.25, 0.3) is 11.0 Å². The lowest BCUT2D eigenvalue weighted by atomic mass is 9.98. The van der Waals surface area contributed by atoms with E-state index in [1.807, 2.05) is 38.3 Å². The minimum absolute atomic E-state index is 0.0436. The van der Waals surface area contributed by atoms with Crippen LogP contribution in [-0.4, -0.2) is 24.6 Å². The van der Waals surface area contributed by atoms with Gasteiger partial charge in [0.2, 0.25) is 5.76 Å². The average Bonchev–Trinajstić information content (AvgIpc) is 3.36. The molecule has 0 N–H and O–H groups in total. The Hall–Kier alpha value is -3.65. The van der Waals surface area contributed by atoms with Crippen molar-refractivity contribution < 1.29 is 18.7 Å². The summed E-state index contributed by atoms with van der Waals surface area (Å²) in [6.45, 7) is 6.16. The molecule has 0 radical (unpaired) electrons. The van der Waals surface area contributed by atoms with Gasteiger partial charge in [-0.2, -0.15) is 0 Å². The fraction of sp³-hybridized carbons (Fsp3) is 0.240. The number of hydrogen-bond donors (Lipinski definition) is 0. The lowest BCUT2D eigenvalue weighted by Gasteiger charge is -2.23. The van der Waals surface area contributed by atoms with Gasteiger partial charge >= 0.3 is 0 Å². The van der Waals surface area contributed by atoms with Crippen LogP contribution in [0.3, 0.4) is 0 Å². The number of methoxy groups -OCH3 is 1. The van der Waals surface area contributed by atoms with Gasteiger partial charge in [0.1, 0.15) is 5.58 Å². The van der Waals surface area contributed by atoms with Crippen molar-refractivity contribution in [2.45, 2.75) is 26.8 Å². The van der Waals surface area contributed by atoms with Crippen LogP contribution in [-0.2, 0) is 0 Å². The number of aromatic nitrogens is 1. The van der Waals surface area contributed by atoms with Crippen molar-refractivity contribution in [1.29, 1.82) is 0 Å². The van der Waals surface area contributed by atoms with E-state index in [0.717, 1.165) is 11.3 Å². The maximum absolute atomic E-state index is 13.7. The van der Waals surface area contributed by atoms with E-state index in [0.29, 0.717) is 45.3 Å². The molecule has 2 aromatic heterocycles. The molecule has 3 heterocycles. The monoisotopic (exact) mass is 462 g/mol. The number of hydrogen-bond acceptors (Lipinski definition) is 7. The summed E-state index contributed by atoms with van der Waals surface area (Å²) in [7, 11) is 1.56. The molecular formula is C25H22N2O5S. The number of thiazole rings is 1. The smallest absolute Gasteiger partial charge is 0.297 e. The lowest BCUT2D eigenvalue weighted by molar-refractivity contribution is 0.0971. The molecule has 8 heteroatoms. The van der Waals surface area contributed by atoms with Gasteiger partial charge in [0.05, 0.1) is 36.4 Å². The van der Waals surface area contributed by atoms with Gasteiger partial charge in [-0.3, -0.25) is 14.5 Å². The molecule has 0 fully saturated rings. The third-order valence-electron chi connectivity index (χ3n) is 5.64. The third-order valence-corrected chi connectivity index (χ3v) is 6.60. The Kier molecular flexibility index (Phi) is 5.17. The summed E-state index contributed by atoms with van der Waals surface area (Å²) in [6, 6.07) is 10.1. The number of amides is 1. The van der Waals surface area contributed by atoms with E-state index in [1.165, 1.54) is 16.2 Å². The number of benzene rings is 2. The first-order chi connectivity index (χ1) is 15.9. The number of fused-ring (bicyclic) bond motifs is 2. The second kappa shape index (κ2) is 8.04. The molecule has 2 aromatic carbocycles. The topological polar surface area (TPSA) is 81.9 Å². The van der Waals surface area contributed by atoms with Crippen LogP contribution in [0.5, 0.6) is 11.5 Å². The van der Waals surface area contributed by atoms with Crippen LogP contribution >= 0.6 is 11.3 Å². The Labute approximate surface area is 194 Å². The minimum atomic E-state index is -0.705. The Balaban J connectivity index is 1.79. The number of nitrogens with zero attached hydrogens (tertiary/aromatic N) is 2. The maximum atomic E-state index is 13.7. The number of aryl methyl sites for hydroxylation is 2. The quantitative estimate of drug-likeness (QED) is 0.414. The van der Waals surface area contributed by atoms with Crippen molar-refractivity contribution in [3.8, 4) is 11.5 Å². The SMILES string of the molecule is CCOc1ccc([C@H]2c3c(oc4ccc(C)cc4c3=O)C(=O)N2c2nc(C)cs2)cc1OC. The maximum Gasteiger partial charge on any atom is 0.297 e. The number of carbonyl (C=O) groups excluding carboxylic acids is 1. The number of carbonyl (C=O) groups is 1.